The zero-order valence-corrected chi connectivity index (χ0v) is 24.7. The fourth-order valence-corrected chi connectivity index (χ4v) is 4.18. The van der Waals surface area contributed by atoms with E-state index in [0.29, 0.717) is 42.3 Å². The number of unbranched alkanes of at least 4 members (excludes halogenated alkanes) is 2. The molecule has 1 aromatic carbocycles. The standard InChI is InChI=1S/C29H45BN2O6/c1-10-13-15-34-22-18-23(35-16-14-11-2)21(17-20(22)19(4)5)26-24(25(32-36-26)27(33)31-12-3)30-37-28(6,7)29(8,9)38-30/h17-19H,10-16H2,1-9H3,(H,31,33). The molecule has 1 aliphatic rings. The molecular weight excluding hydrogens is 483 g/mol. The van der Waals surface area contributed by atoms with Crippen molar-refractivity contribution < 1.29 is 28.1 Å². The maximum Gasteiger partial charge on any atom is 0.501 e. The smallest absolute Gasteiger partial charge is 0.493 e. The minimum Gasteiger partial charge on any atom is -0.493 e. The molecule has 0 aliphatic carbocycles. The molecule has 210 valence electrons. The van der Waals surface area contributed by atoms with Crippen LogP contribution in [0.15, 0.2) is 16.7 Å². The largest absolute Gasteiger partial charge is 0.501 e. The van der Waals surface area contributed by atoms with Crippen LogP contribution in [0.5, 0.6) is 11.5 Å². The summed E-state index contributed by atoms with van der Waals surface area (Å²) in [6.45, 7) is 19.9. The van der Waals surface area contributed by atoms with E-state index in [1.54, 1.807) is 0 Å². The van der Waals surface area contributed by atoms with Crippen LogP contribution in [-0.4, -0.2) is 49.1 Å². The van der Waals surface area contributed by atoms with Gasteiger partial charge in [-0.1, -0.05) is 45.7 Å². The first kappa shape index (κ1) is 30.0. The van der Waals surface area contributed by atoms with Crippen molar-refractivity contribution in [3.8, 4) is 22.8 Å². The predicted molar refractivity (Wildman–Crippen MR) is 151 cm³/mol. The Morgan fingerprint density at radius 3 is 2.08 bits per heavy atom. The highest BCUT2D eigenvalue weighted by atomic mass is 16.7. The molecule has 0 radical (unpaired) electrons. The van der Waals surface area contributed by atoms with Crippen molar-refractivity contribution in [2.24, 2.45) is 0 Å². The van der Waals surface area contributed by atoms with Gasteiger partial charge in [-0.15, -0.1) is 0 Å². The third kappa shape index (κ3) is 6.37. The third-order valence-corrected chi connectivity index (χ3v) is 7.26. The number of nitrogens with one attached hydrogen (secondary N) is 1. The molecule has 0 atom stereocenters. The van der Waals surface area contributed by atoms with E-state index in [2.05, 4.69) is 38.2 Å². The fraction of sp³-hybridized carbons (Fsp3) is 0.655. The number of ether oxygens (including phenoxy) is 2. The number of hydrogen-bond donors (Lipinski definition) is 1. The minimum absolute atomic E-state index is 0.147. The number of carbonyl (C=O) groups excluding carboxylic acids is 1. The van der Waals surface area contributed by atoms with Gasteiger partial charge < -0.3 is 28.6 Å². The van der Waals surface area contributed by atoms with E-state index >= 15 is 0 Å². The molecule has 0 unspecified atom stereocenters. The van der Waals surface area contributed by atoms with Gasteiger partial charge in [-0.3, -0.25) is 4.79 Å². The molecule has 38 heavy (non-hydrogen) atoms. The van der Waals surface area contributed by atoms with Crippen LogP contribution < -0.4 is 20.3 Å². The summed E-state index contributed by atoms with van der Waals surface area (Å²) in [4.78, 5) is 13.1. The van der Waals surface area contributed by atoms with E-state index in [-0.39, 0.29) is 17.5 Å². The quantitative estimate of drug-likeness (QED) is 0.257. The van der Waals surface area contributed by atoms with Gasteiger partial charge in [-0.05, 0) is 65.0 Å². The number of hydrogen-bond acceptors (Lipinski definition) is 7. The average Bonchev–Trinajstić information content (AvgIpc) is 3.37. The van der Waals surface area contributed by atoms with Crippen molar-refractivity contribution in [2.45, 2.75) is 105 Å². The highest BCUT2D eigenvalue weighted by Gasteiger charge is 2.54. The zero-order valence-electron chi connectivity index (χ0n) is 24.7. The lowest BCUT2D eigenvalue weighted by Gasteiger charge is -2.32. The Kier molecular flexibility index (Phi) is 9.93. The van der Waals surface area contributed by atoms with Gasteiger partial charge in [0.25, 0.3) is 5.91 Å². The normalized spacial score (nSPS) is 16.2. The molecule has 1 saturated heterocycles. The summed E-state index contributed by atoms with van der Waals surface area (Å²) in [6.07, 6.45) is 3.92. The zero-order chi connectivity index (χ0) is 28.1. The SMILES string of the molecule is CCCCOc1cc(OCCCC)c(C(C)C)cc1-c1onc(C(=O)NCC)c1B1OC(C)(C)C(C)(C)O1. The van der Waals surface area contributed by atoms with Crippen LogP contribution in [0.2, 0.25) is 0 Å². The van der Waals surface area contributed by atoms with Crippen LogP contribution in [-0.2, 0) is 9.31 Å². The first-order valence-electron chi connectivity index (χ1n) is 14.0. The second-order valence-corrected chi connectivity index (χ2v) is 11.2. The minimum atomic E-state index is -0.842. The lowest BCUT2D eigenvalue weighted by molar-refractivity contribution is 0.00578. The lowest BCUT2D eigenvalue weighted by atomic mass is 9.75. The van der Waals surface area contributed by atoms with Gasteiger partial charge in [0.1, 0.15) is 11.5 Å². The van der Waals surface area contributed by atoms with Crippen LogP contribution >= 0.6 is 0 Å². The summed E-state index contributed by atoms with van der Waals surface area (Å²) in [7, 11) is -0.842. The highest BCUT2D eigenvalue weighted by Crippen LogP contribution is 2.42. The third-order valence-electron chi connectivity index (χ3n) is 7.26. The lowest BCUT2D eigenvalue weighted by Crippen LogP contribution is -2.41. The number of amides is 1. The first-order valence-corrected chi connectivity index (χ1v) is 14.0. The van der Waals surface area contributed by atoms with Crippen LogP contribution in [0.4, 0.5) is 0 Å². The van der Waals surface area contributed by atoms with Gasteiger partial charge in [0.2, 0.25) is 0 Å². The van der Waals surface area contributed by atoms with E-state index < -0.39 is 18.3 Å². The molecule has 1 amide bonds. The molecule has 1 fully saturated rings. The topological polar surface area (TPSA) is 92.1 Å². The predicted octanol–water partition coefficient (Wildman–Crippen LogP) is 5.87. The van der Waals surface area contributed by atoms with Gasteiger partial charge in [0, 0.05) is 12.6 Å². The second kappa shape index (κ2) is 12.6. The Bertz CT molecular complexity index is 1080. The van der Waals surface area contributed by atoms with Crippen molar-refractivity contribution in [3.05, 3.63) is 23.4 Å². The van der Waals surface area contributed by atoms with Crippen LogP contribution in [0, 0.1) is 0 Å². The van der Waals surface area contributed by atoms with Crippen molar-refractivity contribution in [3.63, 3.8) is 0 Å². The molecule has 0 spiro atoms. The monoisotopic (exact) mass is 528 g/mol. The molecule has 2 aromatic rings. The maximum absolute atomic E-state index is 13.1. The van der Waals surface area contributed by atoms with Gasteiger partial charge in [0.05, 0.1) is 35.4 Å². The summed E-state index contributed by atoms with van der Waals surface area (Å²) < 4.78 is 31.2. The molecule has 2 heterocycles. The number of rotatable bonds is 13. The van der Waals surface area contributed by atoms with Crippen molar-refractivity contribution in [1.82, 2.24) is 10.5 Å². The van der Waals surface area contributed by atoms with Gasteiger partial charge in [-0.25, -0.2) is 0 Å². The van der Waals surface area contributed by atoms with Gasteiger partial charge in [0.15, 0.2) is 11.5 Å². The van der Waals surface area contributed by atoms with E-state index in [9.17, 15) is 4.79 Å². The van der Waals surface area contributed by atoms with Gasteiger partial charge in [-0.2, -0.15) is 0 Å². The Morgan fingerprint density at radius 2 is 1.55 bits per heavy atom. The summed E-state index contributed by atoms with van der Waals surface area (Å²) in [5.41, 5.74) is 1.12. The molecule has 3 rings (SSSR count). The molecule has 1 aromatic heterocycles. The maximum atomic E-state index is 13.1. The van der Waals surface area contributed by atoms with Crippen molar-refractivity contribution in [2.75, 3.05) is 19.8 Å². The molecule has 1 aliphatic heterocycles. The Hall–Kier alpha value is -2.52. The summed E-state index contributed by atoms with van der Waals surface area (Å²) in [5, 5.41) is 7.04. The molecule has 1 N–H and O–H groups in total. The highest BCUT2D eigenvalue weighted by molar-refractivity contribution is 6.65. The second-order valence-electron chi connectivity index (χ2n) is 11.2. The van der Waals surface area contributed by atoms with E-state index in [4.69, 9.17) is 23.3 Å². The molecular formula is C29H45BN2O6. The van der Waals surface area contributed by atoms with E-state index in [1.807, 2.05) is 46.8 Å². The molecule has 9 heteroatoms. The van der Waals surface area contributed by atoms with E-state index in [1.165, 1.54) is 0 Å². The number of carbonyl (C=O) groups is 1. The molecule has 0 bridgehead atoms. The Balaban J connectivity index is 2.21. The number of benzene rings is 1. The van der Waals surface area contributed by atoms with Crippen LogP contribution in [0.3, 0.4) is 0 Å². The Morgan fingerprint density at radius 1 is 0.974 bits per heavy atom. The first-order chi connectivity index (χ1) is 18.0. The van der Waals surface area contributed by atoms with Crippen molar-refractivity contribution >= 4 is 18.5 Å². The molecule has 8 nitrogen and oxygen atoms in total. The van der Waals surface area contributed by atoms with Crippen LogP contribution in [0.25, 0.3) is 11.3 Å². The number of aromatic nitrogens is 1. The average molecular weight is 528 g/mol. The van der Waals surface area contributed by atoms with Crippen LogP contribution in [0.1, 0.15) is 110 Å². The fourth-order valence-electron chi connectivity index (χ4n) is 4.18. The van der Waals surface area contributed by atoms with Crippen molar-refractivity contribution in [1.29, 1.82) is 0 Å². The summed E-state index contributed by atoms with van der Waals surface area (Å²) in [6, 6.07) is 3.97. The summed E-state index contributed by atoms with van der Waals surface area (Å²) >= 11 is 0. The van der Waals surface area contributed by atoms with Gasteiger partial charge >= 0.3 is 7.12 Å². The number of nitrogens with zero attached hydrogens (tertiary/aromatic N) is 1. The molecule has 0 saturated carbocycles. The van der Waals surface area contributed by atoms with E-state index in [0.717, 1.165) is 37.0 Å². The Labute approximate surface area is 228 Å². The summed E-state index contributed by atoms with van der Waals surface area (Å²) in [5.74, 6) is 1.65.